The molecule has 1 heterocycles. The summed E-state index contributed by atoms with van der Waals surface area (Å²) in [6, 6.07) is 13.6. The molecule has 2 aromatic carbocycles. The maximum atomic E-state index is 13.5. The Balaban J connectivity index is 1.93. The summed E-state index contributed by atoms with van der Waals surface area (Å²) in [6.07, 6.45) is 0.849. The highest BCUT2D eigenvalue weighted by Crippen LogP contribution is 2.35. The third-order valence-electron chi connectivity index (χ3n) is 4.13. The highest BCUT2D eigenvalue weighted by Gasteiger charge is 2.39. The van der Waals surface area contributed by atoms with E-state index in [1.165, 1.54) is 17.2 Å². The van der Waals surface area contributed by atoms with Crippen molar-refractivity contribution in [3.63, 3.8) is 0 Å². The van der Waals surface area contributed by atoms with Crippen molar-refractivity contribution in [1.29, 1.82) is 0 Å². The largest absolute Gasteiger partial charge is 0.315 e. The van der Waals surface area contributed by atoms with Gasteiger partial charge in [-0.3, -0.25) is 0 Å². The number of rotatable bonds is 3. The van der Waals surface area contributed by atoms with Crippen LogP contribution in [0.3, 0.4) is 0 Å². The second-order valence-corrected chi connectivity index (χ2v) is 6.52. The highest BCUT2D eigenvalue weighted by atomic mass is 79.9. The van der Waals surface area contributed by atoms with Crippen LogP contribution in [0, 0.1) is 12.7 Å². The second kappa shape index (κ2) is 5.30. The van der Waals surface area contributed by atoms with E-state index in [2.05, 4.69) is 52.4 Å². The van der Waals surface area contributed by atoms with Crippen LogP contribution in [-0.4, -0.2) is 13.1 Å². The van der Waals surface area contributed by atoms with E-state index < -0.39 is 0 Å². The normalized spacial score (nSPS) is 16.8. The Labute approximate surface area is 127 Å². The fraction of sp³-hybridized carbons (Fsp3) is 0.294. The molecule has 0 unspecified atom stereocenters. The number of hydrogen-bond donors (Lipinski definition) is 1. The van der Waals surface area contributed by atoms with Gasteiger partial charge in [0, 0.05) is 23.0 Å². The average Bonchev–Trinajstić information content (AvgIpc) is 2.39. The Morgan fingerprint density at radius 3 is 2.45 bits per heavy atom. The van der Waals surface area contributed by atoms with Gasteiger partial charge in [-0.1, -0.05) is 45.8 Å². The molecule has 1 nitrogen and oxygen atoms in total. The predicted molar refractivity (Wildman–Crippen MR) is 83.5 cm³/mol. The molecule has 1 fully saturated rings. The van der Waals surface area contributed by atoms with Gasteiger partial charge >= 0.3 is 0 Å². The minimum absolute atomic E-state index is 0.0873. The molecule has 3 heteroatoms. The minimum Gasteiger partial charge on any atom is -0.315 e. The molecule has 104 valence electrons. The van der Waals surface area contributed by atoms with Gasteiger partial charge in [0.15, 0.2) is 0 Å². The van der Waals surface area contributed by atoms with Crippen LogP contribution in [0.5, 0.6) is 0 Å². The first kappa shape index (κ1) is 13.8. The SMILES string of the molecule is Cc1ccc(C2(Cc3cc(F)ccc3Br)CNC2)cc1. The highest BCUT2D eigenvalue weighted by molar-refractivity contribution is 9.10. The molecule has 0 bridgehead atoms. The van der Waals surface area contributed by atoms with Crippen molar-refractivity contribution >= 4 is 15.9 Å². The van der Waals surface area contributed by atoms with Gasteiger partial charge in [-0.05, 0) is 42.7 Å². The summed E-state index contributed by atoms with van der Waals surface area (Å²) >= 11 is 3.53. The number of benzene rings is 2. The average molecular weight is 334 g/mol. The minimum atomic E-state index is -0.172. The van der Waals surface area contributed by atoms with Crippen molar-refractivity contribution in [3.8, 4) is 0 Å². The molecule has 1 aliphatic rings. The zero-order valence-corrected chi connectivity index (χ0v) is 13.0. The van der Waals surface area contributed by atoms with Crippen LogP contribution in [0.25, 0.3) is 0 Å². The molecule has 0 aromatic heterocycles. The second-order valence-electron chi connectivity index (χ2n) is 5.66. The van der Waals surface area contributed by atoms with Crippen molar-refractivity contribution in [3.05, 3.63) is 69.4 Å². The van der Waals surface area contributed by atoms with Gasteiger partial charge in [0.1, 0.15) is 5.82 Å². The van der Waals surface area contributed by atoms with E-state index in [0.29, 0.717) is 0 Å². The third-order valence-corrected chi connectivity index (χ3v) is 4.90. The lowest BCUT2D eigenvalue weighted by molar-refractivity contribution is 0.274. The fourth-order valence-electron chi connectivity index (χ4n) is 2.81. The Bertz CT molecular complexity index is 617. The van der Waals surface area contributed by atoms with E-state index in [1.54, 1.807) is 12.1 Å². The molecule has 2 aromatic rings. The summed E-state index contributed by atoms with van der Waals surface area (Å²) in [5, 5.41) is 3.36. The van der Waals surface area contributed by atoms with Gasteiger partial charge in [-0.15, -0.1) is 0 Å². The van der Waals surface area contributed by atoms with Crippen molar-refractivity contribution < 1.29 is 4.39 Å². The van der Waals surface area contributed by atoms with Crippen molar-refractivity contribution in [2.45, 2.75) is 18.8 Å². The molecular weight excluding hydrogens is 317 g/mol. The van der Waals surface area contributed by atoms with E-state index in [-0.39, 0.29) is 11.2 Å². The number of nitrogens with one attached hydrogen (secondary N) is 1. The molecule has 0 aliphatic carbocycles. The maximum absolute atomic E-state index is 13.5. The standard InChI is InChI=1S/C17H17BrFN/c1-12-2-4-14(5-3-12)17(10-20-11-17)9-13-8-15(19)6-7-16(13)18/h2-8,20H,9-11H2,1H3. The van der Waals surface area contributed by atoms with E-state index in [1.807, 2.05) is 0 Å². The zero-order chi connectivity index (χ0) is 14.2. The van der Waals surface area contributed by atoms with E-state index in [9.17, 15) is 4.39 Å². The number of aryl methyl sites for hydroxylation is 1. The number of hydrogen-bond acceptors (Lipinski definition) is 1. The van der Waals surface area contributed by atoms with Crippen LogP contribution in [0.4, 0.5) is 4.39 Å². The predicted octanol–water partition coefficient (Wildman–Crippen LogP) is 3.98. The first-order chi connectivity index (χ1) is 9.59. The van der Waals surface area contributed by atoms with E-state index >= 15 is 0 Å². The molecule has 1 aliphatic heterocycles. The van der Waals surface area contributed by atoms with Gasteiger partial charge in [0.25, 0.3) is 0 Å². The molecule has 20 heavy (non-hydrogen) atoms. The third kappa shape index (κ3) is 2.52. The lowest BCUT2D eigenvalue weighted by atomic mass is 9.71. The summed E-state index contributed by atoms with van der Waals surface area (Å²) in [6.45, 7) is 3.98. The molecule has 0 spiro atoms. The lowest BCUT2D eigenvalue weighted by Crippen LogP contribution is -2.58. The van der Waals surface area contributed by atoms with Gasteiger partial charge in [-0.2, -0.15) is 0 Å². The van der Waals surface area contributed by atoms with Gasteiger partial charge in [0.2, 0.25) is 0 Å². The Hall–Kier alpha value is -1.19. The molecule has 0 radical (unpaired) electrons. The molecule has 1 N–H and O–H groups in total. The molecule has 3 rings (SSSR count). The Kier molecular flexibility index (Phi) is 3.65. The van der Waals surface area contributed by atoms with Crippen LogP contribution in [-0.2, 0) is 11.8 Å². The van der Waals surface area contributed by atoms with Crippen LogP contribution in [0.1, 0.15) is 16.7 Å². The summed E-state index contributed by atoms with van der Waals surface area (Å²) in [4.78, 5) is 0. The summed E-state index contributed by atoms with van der Waals surface area (Å²) < 4.78 is 14.4. The first-order valence-electron chi connectivity index (χ1n) is 6.81. The van der Waals surface area contributed by atoms with Crippen molar-refractivity contribution in [1.82, 2.24) is 5.32 Å². The number of halogens is 2. The Morgan fingerprint density at radius 2 is 1.85 bits per heavy atom. The molecular formula is C17H17BrFN. The summed E-state index contributed by atoms with van der Waals surface area (Å²) in [5.41, 5.74) is 3.72. The Morgan fingerprint density at radius 1 is 1.15 bits per heavy atom. The summed E-state index contributed by atoms with van der Waals surface area (Å²) in [7, 11) is 0. The van der Waals surface area contributed by atoms with Crippen LogP contribution < -0.4 is 5.32 Å². The first-order valence-corrected chi connectivity index (χ1v) is 7.60. The van der Waals surface area contributed by atoms with Gasteiger partial charge in [0.05, 0.1) is 0 Å². The van der Waals surface area contributed by atoms with Gasteiger partial charge in [-0.25, -0.2) is 4.39 Å². The van der Waals surface area contributed by atoms with Crippen LogP contribution >= 0.6 is 15.9 Å². The molecule has 0 saturated carbocycles. The molecule has 1 saturated heterocycles. The zero-order valence-electron chi connectivity index (χ0n) is 11.4. The maximum Gasteiger partial charge on any atom is 0.123 e. The summed E-state index contributed by atoms with van der Waals surface area (Å²) in [5.74, 6) is -0.172. The molecule has 0 amide bonds. The quantitative estimate of drug-likeness (QED) is 0.895. The molecule has 0 atom stereocenters. The van der Waals surface area contributed by atoms with Gasteiger partial charge < -0.3 is 5.32 Å². The monoisotopic (exact) mass is 333 g/mol. The van der Waals surface area contributed by atoms with E-state index in [4.69, 9.17) is 0 Å². The van der Waals surface area contributed by atoms with E-state index in [0.717, 1.165) is 29.5 Å². The lowest BCUT2D eigenvalue weighted by Gasteiger charge is -2.43. The smallest absolute Gasteiger partial charge is 0.123 e. The fourth-order valence-corrected chi connectivity index (χ4v) is 3.20. The van der Waals surface area contributed by atoms with Crippen molar-refractivity contribution in [2.24, 2.45) is 0 Å². The van der Waals surface area contributed by atoms with Crippen LogP contribution in [0.15, 0.2) is 46.9 Å². The van der Waals surface area contributed by atoms with Crippen molar-refractivity contribution in [2.75, 3.05) is 13.1 Å². The topological polar surface area (TPSA) is 12.0 Å². The van der Waals surface area contributed by atoms with Crippen LogP contribution in [0.2, 0.25) is 0 Å².